The molecule has 106 valence electrons. The second kappa shape index (κ2) is 6.89. The second-order valence-electron chi connectivity index (χ2n) is 4.31. The first kappa shape index (κ1) is 15.2. The van der Waals surface area contributed by atoms with Crippen LogP contribution in [-0.2, 0) is 6.54 Å². The van der Waals surface area contributed by atoms with Gasteiger partial charge in [0.15, 0.2) is 0 Å². The standard InChI is InChI=1S/C12H19N3O4/c1-3-5-14-8-9(15(18)19)6-11(14)12(17)13-7-10(16)4-2/h6,8,10,16H,3-5,7H2,1-2H3,(H,13,17). The van der Waals surface area contributed by atoms with Gasteiger partial charge in [0.25, 0.3) is 11.6 Å². The monoisotopic (exact) mass is 269 g/mol. The lowest BCUT2D eigenvalue weighted by atomic mass is 10.2. The summed E-state index contributed by atoms with van der Waals surface area (Å²) in [5.74, 6) is -0.408. The number of carbonyl (C=O) groups excluding carboxylic acids is 1. The van der Waals surface area contributed by atoms with Crippen LogP contribution >= 0.6 is 0 Å². The molecule has 0 bridgehead atoms. The van der Waals surface area contributed by atoms with Crippen molar-refractivity contribution < 1.29 is 14.8 Å². The molecule has 0 aliphatic heterocycles. The molecule has 1 aromatic heterocycles. The highest BCUT2D eigenvalue weighted by Crippen LogP contribution is 2.17. The lowest BCUT2D eigenvalue weighted by molar-refractivity contribution is -0.384. The zero-order valence-corrected chi connectivity index (χ0v) is 11.1. The van der Waals surface area contributed by atoms with Crippen LogP contribution in [0.15, 0.2) is 12.3 Å². The molecule has 2 N–H and O–H groups in total. The quantitative estimate of drug-likeness (QED) is 0.576. The van der Waals surface area contributed by atoms with Crippen LogP contribution in [0.5, 0.6) is 0 Å². The molecule has 0 aliphatic rings. The molecule has 0 aromatic carbocycles. The van der Waals surface area contributed by atoms with Gasteiger partial charge in [-0.25, -0.2) is 0 Å². The molecule has 1 rings (SSSR count). The number of carbonyl (C=O) groups is 1. The van der Waals surface area contributed by atoms with Gasteiger partial charge in [0.05, 0.1) is 17.2 Å². The van der Waals surface area contributed by atoms with Crippen LogP contribution in [0.25, 0.3) is 0 Å². The average Bonchev–Trinajstić information content (AvgIpc) is 2.80. The van der Waals surface area contributed by atoms with E-state index in [0.717, 1.165) is 6.42 Å². The zero-order chi connectivity index (χ0) is 14.4. The van der Waals surface area contributed by atoms with E-state index >= 15 is 0 Å². The maximum absolute atomic E-state index is 11.9. The van der Waals surface area contributed by atoms with E-state index in [2.05, 4.69) is 5.32 Å². The molecule has 0 aliphatic carbocycles. The number of aliphatic hydroxyl groups is 1. The number of hydrogen-bond acceptors (Lipinski definition) is 4. The minimum atomic E-state index is -0.603. The molecule has 1 aromatic rings. The van der Waals surface area contributed by atoms with Gasteiger partial charge in [-0.1, -0.05) is 13.8 Å². The van der Waals surface area contributed by atoms with Gasteiger partial charge in [-0.05, 0) is 12.8 Å². The summed E-state index contributed by atoms with van der Waals surface area (Å²) >= 11 is 0. The largest absolute Gasteiger partial charge is 0.391 e. The molecule has 0 radical (unpaired) electrons. The van der Waals surface area contributed by atoms with Crippen LogP contribution in [0.3, 0.4) is 0 Å². The van der Waals surface area contributed by atoms with E-state index in [4.69, 9.17) is 0 Å². The van der Waals surface area contributed by atoms with E-state index in [1.165, 1.54) is 12.3 Å². The number of rotatable bonds is 7. The topological polar surface area (TPSA) is 97.4 Å². The maximum Gasteiger partial charge on any atom is 0.287 e. The van der Waals surface area contributed by atoms with Crippen molar-refractivity contribution in [1.29, 1.82) is 0 Å². The summed E-state index contributed by atoms with van der Waals surface area (Å²) in [5, 5.41) is 22.7. The number of nitrogens with zero attached hydrogens (tertiary/aromatic N) is 2. The van der Waals surface area contributed by atoms with Crippen LogP contribution in [0, 0.1) is 10.1 Å². The van der Waals surface area contributed by atoms with Crippen LogP contribution in [-0.4, -0.2) is 33.2 Å². The highest BCUT2D eigenvalue weighted by atomic mass is 16.6. The molecule has 0 spiro atoms. The van der Waals surface area contributed by atoms with Crippen molar-refractivity contribution in [2.24, 2.45) is 0 Å². The molecule has 1 heterocycles. The highest BCUT2D eigenvalue weighted by molar-refractivity contribution is 5.93. The Morgan fingerprint density at radius 1 is 1.58 bits per heavy atom. The van der Waals surface area contributed by atoms with Gasteiger partial charge in [-0.2, -0.15) is 0 Å². The Morgan fingerprint density at radius 2 is 2.26 bits per heavy atom. The number of hydrogen-bond donors (Lipinski definition) is 2. The smallest absolute Gasteiger partial charge is 0.287 e. The molecule has 0 saturated heterocycles. The Morgan fingerprint density at radius 3 is 2.79 bits per heavy atom. The van der Waals surface area contributed by atoms with Gasteiger partial charge < -0.3 is 15.0 Å². The Balaban J connectivity index is 2.84. The first-order valence-electron chi connectivity index (χ1n) is 6.30. The van der Waals surface area contributed by atoms with E-state index in [9.17, 15) is 20.0 Å². The van der Waals surface area contributed by atoms with Crippen molar-refractivity contribution in [2.75, 3.05) is 6.54 Å². The average molecular weight is 269 g/mol. The van der Waals surface area contributed by atoms with Gasteiger partial charge in [-0.3, -0.25) is 14.9 Å². The van der Waals surface area contributed by atoms with Gasteiger partial charge in [0.2, 0.25) is 0 Å². The number of aryl methyl sites for hydroxylation is 1. The molecule has 7 nitrogen and oxygen atoms in total. The lowest BCUT2D eigenvalue weighted by Gasteiger charge is -2.10. The maximum atomic E-state index is 11.9. The summed E-state index contributed by atoms with van der Waals surface area (Å²) < 4.78 is 1.56. The number of amides is 1. The molecule has 0 saturated carbocycles. The van der Waals surface area contributed by atoms with Crippen molar-refractivity contribution >= 4 is 11.6 Å². The molecule has 1 amide bonds. The number of nitro groups is 1. The minimum Gasteiger partial charge on any atom is -0.391 e. The third-order valence-electron chi connectivity index (χ3n) is 2.76. The predicted molar refractivity (Wildman–Crippen MR) is 70.0 cm³/mol. The second-order valence-corrected chi connectivity index (χ2v) is 4.31. The summed E-state index contributed by atoms with van der Waals surface area (Å²) in [6.07, 6.45) is 2.06. The SMILES string of the molecule is CCCn1cc([N+](=O)[O-])cc1C(=O)NCC(O)CC. The first-order valence-corrected chi connectivity index (χ1v) is 6.30. The zero-order valence-electron chi connectivity index (χ0n) is 11.1. The fourth-order valence-corrected chi connectivity index (χ4v) is 1.66. The number of aromatic nitrogens is 1. The van der Waals surface area contributed by atoms with Gasteiger partial charge in [-0.15, -0.1) is 0 Å². The van der Waals surface area contributed by atoms with E-state index in [1.807, 2.05) is 6.92 Å². The van der Waals surface area contributed by atoms with Gasteiger partial charge in [0.1, 0.15) is 5.69 Å². The lowest BCUT2D eigenvalue weighted by Crippen LogP contribution is -2.32. The third-order valence-corrected chi connectivity index (χ3v) is 2.76. The Hall–Kier alpha value is -1.89. The van der Waals surface area contributed by atoms with E-state index in [0.29, 0.717) is 13.0 Å². The summed E-state index contributed by atoms with van der Waals surface area (Å²) in [7, 11) is 0. The van der Waals surface area contributed by atoms with Crippen LogP contribution in [0.2, 0.25) is 0 Å². The molecule has 7 heteroatoms. The molecule has 1 atom stereocenters. The Kier molecular flexibility index (Phi) is 5.50. The molecule has 19 heavy (non-hydrogen) atoms. The molecular weight excluding hydrogens is 250 g/mol. The van der Waals surface area contributed by atoms with Crippen molar-refractivity contribution in [3.63, 3.8) is 0 Å². The van der Waals surface area contributed by atoms with E-state index < -0.39 is 16.9 Å². The summed E-state index contributed by atoms with van der Waals surface area (Å²) in [6.45, 7) is 4.41. The molecule has 1 unspecified atom stereocenters. The van der Waals surface area contributed by atoms with Gasteiger partial charge in [0, 0.05) is 19.2 Å². The summed E-state index contributed by atoms with van der Waals surface area (Å²) in [4.78, 5) is 22.1. The molecule has 0 fully saturated rings. The van der Waals surface area contributed by atoms with Crippen molar-refractivity contribution in [3.8, 4) is 0 Å². The van der Waals surface area contributed by atoms with E-state index in [-0.39, 0.29) is 17.9 Å². The minimum absolute atomic E-state index is 0.102. The van der Waals surface area contributed by atoms with Crippen molar-refractivity contribution in [1.82, 2.24) is 9.88 Å². The Labute approximate surface area is 111 Å². The number of aliphatic hydroxyl groups excluding tert-OH is 1. The third kappa shape index (κ3) is 4.06. The Bertz CT molecular complexity index is 456. The fourth-order valence-electron chi connectivity index (χ4n) is 1.66. The van der Waals surface area contributed by atoms with Crippen LogP contribution in [0.1, 0.15) is 37.2 Å². The van der Waals surface area contributed by atoms with Crippen molar-refractivity contribution in [2.45, 2.75) is 39.3 Å². The predicted octanol–water partition coefficient (Wildman–Crippen LogP) is 1.31. The summed E-state index contributed by atoms with van der Waals surface area (Å²) in [5.41, 5.74) is 0.145. The van der Waals surface area contributed by atoms with Crippen molar-refractivity contribution in [3.05, 3.63) is 28.1 Å². The normalized spacial score (nSPS) is 12.2. The molecular formula is C12H19N3O4. The fraction of sp³-hybridized carbons (Fsp3) is 0.583. The van der Waals surface area contributed by atoms with Crippen LogP contribution in [0.4, 0.5) is 5.69 Å². The van der Waals surface area contributed by atoms with E-state index in [1.54, 1.807) is 11.5 Å². The van der Waals surface area contributed by atoms with Crippen LogP contribution < -0.4 is 5.32 Å². The highest BCUT2D eigenvalue weighted by Gasteiger charge is 2.19. The summed E-state index contributed by atoms with van der Waals surface area (Å²) in [6, 6.07) is 1.25. The first-order chi connectivity index (χ1) is 8.99. The van der Waals surface area contributed by atoms with Gasteiger partial charge >= 0.3 is 0 Å². The number of nitrogens with one attached hydrogen (secondary N) is 1.